The molecule has 0 unspecified atom stereocenters. The highest BCUT2D eigenvalue weighted by atomic mass is 32.2. The lowest BCUT2D eigenvalue weighted by Gasteiger charge is -2.20. The van der Waals surface area contributed by atoms with Gasteiger partial charge in [0, 0.05) is 19.3 Å². The van der Waals surface area contributed by atoms with Gasteiger partial charge in [-0.1, -0.05) is 6.07 Å². The molecule has 144 valence electrons. The Morgan fingerprint density at radius 2 is 1.85 bits per heavy atom. The Balaban J connectivity index is 2.79. The summed E-state index contributed by atoms with van der Waals surface area (Å²) in [6.07, 6.45) is 1.04. The fraction of sp³-hybridized carbons (Fsp3) is 0.471. The van der Waals surface area contributed by atoms with Crippen LogP contribution in [0.3, 0.4) is 0 Å². The van der Waals surface area contributed by atoms with E-state index in [1.54, 1.807) is 20.8 Å². The van der Waals surface area contributed by atoms with Gasteiger partial charge in [0.25, 0.3) is 5.91 Å². The SMILES string of the molecule is CCNC(=O)CN(CC)C(=O)COC(=O)c1cc(S(C)(=O)=O)ccc1C. The number of esters is 1. The number of nitrogens with zero attached hydrogens (tertiary/aromatic N) is 1. The second-order valence-corrected chi connectivity index (χ2v) is 7.70. The second-order valence-electron chi connectivity index (χ2n) is 5.69. The van der Waals surface area contributed by atoms with Crippen LogP contribution in [-0.4, -0.2) is 63.6 Å². The Morgan fingerprint density at radius 3 is 2.38 bits per heavy atom. The van der Waals surface area contributed by atoms with Crippen LogP contribution < -0.4 is 5.32 Å². The lowest BCUT2D eigenvalue weighted by molar-refractivity contribution is -0.138. The Kier molecular flexibility index (Phi) is 7.76. The lowest BCUT2D eigenvalue weighted by Crippen LogP contribution is -2.42. The predicted octanol–water partition coefficient (Wildman–Crippen LogP) is 0.540. The third-order valence-corrected chi connectivity index (χ3v) is 4.74. The molecule has 2 amide bonds. The molecule has 0 aromatic heterocycles. The molecule has 1 aromatic carbocycles. The van der Waals surface area contributed by atoms with Crippen LogP contribution in [0, 0.1) is 6.92 Å². The summed E-state index contributed by atoms with van der Waals surface area (Å²) in [4.78, 5) is 37.2. The number of hydrogen-bond acceptors (Lipinski definition) is 6. The van der Waals surface area contributed by atoms with Crippen LogP contribution in [-0.2, 0) is 24.2 Å². The van der Waals surface area contributed by atoms with Crippen molar-refractivity contribution in [3.63, 3.8) is 0 Å². The van der Waals surface area contributed by atoms with Crippen molar-refractivity contribution >= 4 is 27.6 Å². The average molecular weight is 384 g/mol. The molecular formula is C17H24N2O6S. The van der Waals surface area contributed by atoms with Crippen molar-refractivity contribution in [2.24, 2.45) is 0 Å². The highest BCUT2D eigenvalue weighted by Crippen LogP contribution is 2.16. The van der Waals surface area contributed by atoms with Crippen LogP contribution in [0.25, 0.3) is 0 Å². The maximum atomic E-state index is 12.2. The molecule has 8 nitrogen and oxygen atoms in total. The van der Waals surface area contributed by atoms with Crippen molar-refractivity contribution in [1.82, 2.24) is 10.2 Å². The summed E-state index contributed by atoms with van der Waals surface area (Å²) >= 11 is 0. The summed E-state index contributed by atoms with van der Waals surface area (Å²) in [6.45, 7) is 5.20. The molecule has 9 heteroatoms. The third kappa shape index (κ3) is 6.14. The number of hydrogen-bond donors (Lipinski definition) is 1. The van der Waals surface area contributed by atoms with Crippen LogP contribution in [0.5, 0.6) is 0 Å². The summed E-state index contributed by atoms with van der Waals surface area (Å²) < 4.78 is 28.2. The predicted molar refractivity (Wildman–Crippen MR) is 95.5 cm³/mol. The quantitative estimate of drug-likeness (QED) is 0.655. The van der Waals surface area contributed by atoms with Gasteiger partial charge < -0.3 is 15.0 Å². The Bertz CT molecular complexity index is 788. The van der Waals surface area contributed by atoms with Crippen molar-refractivity contribution in [2.75, 3.05) is 32.5 Å². The topological polar surface area (TPSA) is 110 Å². The summed E-state index contributed by atoms with van der Waals surface area (Å²) in [5.74, 6) is -1.61. The normalized spacial score (nSPS) is 10.9. The van der Waals surface area contributed by atoms with E-state index in [0.717, 1.165) is 6.26 Å². The fourth-order valence-corrected chi connectivity index (χ4v) is 2.80. The van der Waals surface area contributed by atoms with E-state index in [0.29, 0.717) is 12.1 Å². The molecule has 0 fully saturated rings. The first-order valence-electron chi connectivity index (χ1n) is 8.12. The highest BCUT2D eigenvalue weighted by molar-refractivity contribution is 7.90. The Labute approximate surface area is 153 Å². The standard InChI is InChI=1S/C17H24N2O6S/c1-5-18-15(20)10-19(6-2)16(21)11-25-17(22)14-9-13(26(4,23)24)8-7-12(14)3/h7-9H,5-6,10-11H2,1-4H3,(H,18,20). The number of sulfone groups is 1. The molecule has 0 aliphatic rings. The van der Waals surface area contributed by atoms with Crippen LogP contribution in [0.15, 0.2) is 23.1 Å². The Morgan fingerprint density at radius 1 is 1.19 bits per heavy atom. The molecule has 0 aliphatic carbocycles. The molecule has 0 heterocycles. The van der Waals surface area contributed by atoms with Gasteiger partial charge in [-0.3, -0.25) is 9.59 Å². The zero-order chi connectivity index (χ0) is 19.9. The van der Waals surface area contributed by atoms with E-state index in [2.05, 4.69) is 5.32 Å². The number of aryl methyl sites for hydroxylation is 1. The van der Waals surface area contributed by atoms with Crippen molar-refractivity contribution in [3.05, 3.63) is 29.3 Å². The number of likely N-dealkylation sites (N-methyl/N-ethyl adjacent to an activating group) is 2. The maximum absolute atomic E-state index is 12.2. The number of amides is 2. The molecule has 1 rings (SSSR count). The molecule has 1 aromatic rings. The third-order valence-electron chi connectivity index (χ3n) is 3.63. The summed E-state index contributed by atoms with van der Waals surface area (Å²) in [6, 6.07) is 4.13. The molecule has 0 bridgehead atoms. The van der Waals surface area contributed by atoms with E-state index < -0.39 is 28.3 Å². The largest absolute Gasteiger partial charge is 0.452 e. The van der Waals surface area contributed by atoms with Crippen LogP contribution in [0.4, 0.5) is 0 Å². The van der Waals surface area contributed by atoms with Crippen molar-refractivity contribution < 1.29 is 27.5 Å². The highest BCUT2D eigenvalue weighted by Gasteiger charge is 2.20. The van der Waals surface area contributed by atoms with Gasteiger partial charge in [-0.15, -0.1) is 0 Å². The van der Waals surface area contributed by atoms with E-state index in [-0.39, 0.29) is 29.5 Å². The first-order valence-corrected chi connectivity index (χ1v) is 10.0. The number of rotatable bonds is 8. The summed E-state index contributed by atoms with van der Waals surface area (Å²) in [5.41, 5.74) is 0.608. The number of carbonyl (C=O) groups excluding carboxylic acids is 3. The van der Waals surface area contributed by atoms with E-state index in [1.807, 2.05) is 0 Å². The number of nitrogens with one attached hydrogen (secondary N) is 1. The van der Waals surface area contributed by atoms with Gasteiger partial charge in [-0.05, 0) is 38.5 Å². The molecule has 0 saturated carbocycles. The zero-order valence-corrected chi connectivity index (χ0v) is 16.2. The van der Waals surface area contributed by atoms with E-state index in [9.17, 15) is 22.8 Å². The minimum Gasteiger partial charge on any atom is -0.452 e. The van der Waals surface area contributed by atoms with Crippen LogP contribution in [0.2, 0.25) is 0 Å². The number of benzene rings is 1. The van der Waals surface area contributed by atoms with Crippen molar-refractivity contribution in [1.29, 1.82) is 0 Å². The fourth-order valence-electron chi connectivity index (χ4n) is 2.15. The van der Waals surface area contributed by atoms with Crippen LogP contribution >= 0.6 is 0 Å². The van der Waals surface area contributed by atoms with Gasteiger partial charge in [-0.2, -0.15) is 0 Å². The number of carbonyl (C=O) groups is 3. The molecule has 0 atom stereocenters. The van der Waals surface area contributed by atoms with Crippen LogP contribution in [0.1, 0.15) is 29.8 Å². The molecule has 0 radical (unpaired) electrons. The zero-order valence-electron chi connectivity index (χ0n) is 15.4. The van der Waals surface area contributed by atoms with E-state index in [4.69, 9.17) is 4.74 Å². The molecule has 0 spiro atoms. The summed E-state index contributed by atoms with van der Waals surface area (Å²) in [7, 11) is -3.47. The minimum atomic E-state index is -3.47. The first kappa shape index (κ1) is 21.6. The smallest absolute Gasteiger partial charge is 0.338 e. The Hall–Kier alpha value is -2.42. The van der Waals surface area contributed by atoms with Gasteiger partial charge >= 0.3 is 5.97 Å². The minimum absolute atomic E-state index is 0.00667. The number of ether oxygens (including phenoxy) is 1. The molecule has 1 N–H and O–H groups in total. The van der Waals surface area contributed by atoms with Crippen molar-refractivity contribution in [3.8, 4) is 0 Å². The monoisotopic (exact) mass is 384 g/mol. The van der Waals surface area contributed by atoms with Gasteiger partial charge in [0.2, 0.25) is 5.91 Å². The first-order chi connectivity index (χ1) is 12.1. The van der Waals surface area contributed by atoms with Crippen molar-refractivity contribution in [2.45, 2.75) is 25.7 Å². The molecular weight excluding hydrogens is 360 g/mol. The van der Waals surface area contributed by atoms with Gasteiger partial charge in [-0.25, -0.2) is 13.2 Å². The molecule has 0 aliphatic heterocycles. The maximum Gasteiger partial charge on any atom is 0.338 e. The van der Waals surface area contributed by atoms with Gasteiger partial charge in [0.05, 0.1) is 17.0 Å². The van der Waals surface area contributed by atoms with Gasteiger partial charge in [0.1, 0.15) is 0 Å². The summed E-state index contributed by atoms with van der Waals surface area (Å²) in [5, 5.41) is 2.59. The average Bonchev–Trinajstić information content (AvgIpc) is 2.56. The van der Waals surface area contributed by atoms with Gasteiger partial charge in [0.15, 0.2) is 16.4 Å². The van der Waals surface area contributed by atoms with E-state index >= 15 is 0 Å². The molecule has 0 saturated heterocycles. The molecule has 26 heavy (non-hydrogen) atoms. The second kappa shape index (κ2) is 9.33. The lowest BCUT2D eigenvalue weighted by atomic mass is 10.1. The van der Waals surface area contributed by atoms with E-state index in [1.165, 1.54) is 23.1 Å².